The molecule has 1 aromatic rings. The van der Waals surface area contributed by atoms with Crippen LogP contribution in [0.2, 0.25) is 0 Å². The molecule has 0 aliphatic carbocycles. The Kier molecular flexibility index (Phi) is 6.96. The molecule has 1 fully saturated rings. The normalized spacial score (nSPS) is 20.7. The second-order valence-corrected chi connectivity index (χ2v) is 8.54. The summed E-state index contributed by atoms with van der Waals surface area (Å²) in [4.78, 5) is 48.7. The van der Waals surface area contributed by atoms with Crippen LogP contribution in [-0.2, 0) is 25.7 Å². The lowest BCUT2D eigenvalue weighted by atomic mass is 9.83. The van der Waals surface area contributed by atoms with E-state index >= 15 is 0 Å². The van der Waals surface area contributed by atoms with Crippen molar-refractivity contribution in [2.75, 3.05) is 12.3 Å². The number of nitrogens with one attached hydrogen (secondary N) is 1. The lowest BCUT2D eigenvalue weighted by Crippen LogP contribution is -2.61. The third-order valence-corrected chi connectivity index (χ3v) is 6.27. The number of carbonyl (C=O) groups is 3. The number of non-ortho nitro benzene ring substituents is 1. The predicted molar refractivity (Wildman–Crippen MR) is 111 cm³/mol. The van der Waals surface area contributed by atoms with E-state index in [9.17, 15) is 29.6 Å². The molecule has 0 spiro atoms. The zero-order valence-electron chi connectivity index (χ0n) is 17.1. The number of benzene rings is 1. The predicted octanol–water partition coefficient (Wildman–Crippen LogP) is 1.33. The number of aliphatic hydroxyl groups excluding tert-OH is 1. The minimum atomic E-state index is -0.824. The van der Waals surface area contributed by atoms with Gasteiger partial charge < -0.3 is 20.1 Å². The van der Waals surface area contributed by atoms with Crippen LogP contribution in [0, 0.1) is 16.0 Å². The molecular formula is C20H23N3O7S. The van der Waals surface area contributed by atoms with Crippen molar-refractivity contribution < 1.29 is 29.2 Å². The Morgan fingerprint density at radius 1 is 1.39 bits per heavy atom. The van der Waals surface area contributed by atoms with Crippen LogP contribution in [0.5, 0.6) is 0 Å². The maximum absolute atomic E-state index is 12.8. The summed E-state index contributed by atoms with van der Waals surface area (Å²) in [5, 5.41) is 23.3. The fourth-order valence-electron chi connectivity index (χ4n) is 3.68. The van der Waals surface area contributed by atoms with E-state index in [0.29, 0.717) is 29.2 Å². The first-order valence-corrected chi connectivity index (χ1v) is 10.7. The van der Waals surface area contributed by atoms with Crippen LogP contribution in [0.3, 0.4) is 0 Å². The van der Waals surface area contributed by atoms with Gasteiger partial charge in [0.15, 0.2) is 0 Å². The summed E-state index contributed by atoms with van der Waals surface area (Å²) >= 11 is 1.37. The molecule has 2 heterocycles. The van der Waals surface area contributed by atoms with Crippen LogP contribution in [0.4, 0.5) is 5.69 Å². The zero-order valence-corrected chi connectivity index (χ0v) is 17.9. The largest absolute Gasteiger partial charge is 0.456 e. The number of hydrogen-bond donors (Lipinski definition) is 2. The summed E-state index contributed by atoms with van der Waals surface area (Å²) in [6.07, 6.45) is -0.386. The molecule has 2 amide bonds. The van der Waals surface area contributed by atoms with Gasteiger partial charge >= 0.3 is 5.97 Å². The molecular weight excluding hydrogens is 426 g/mol. The first kappa shape index (κ1) is 22.8. The second kappa shape index (κ2) is 9.48. The summed E-state index contributed by atoms with van der Waals surface area (Å²) in [7, 11) is 0. The number of nitro benzene ring substituents is 1. The molecule has 2 aliphatic heterocycles. The second-order valence-electron chi connectivity index (χ2n) is 7.35. The number of thioether (sulfide) groups is 1. The molecule has 3 rings (SSSR count). The van der Waals surface area contributed by atoms with Crippen molar-refractivity contribution in [3.8, 4) is 0 Å². The number of ether oxygens (including phenoxy) is 1. The Morgan fingerprint density at radius 3 is 2.65 bits per heavy atom. The van der Waals surface area contributed by atoms with Gasteiger partial charge in [0.1, 0.15) is 12.3 Å². The van der Waals surface area contributed by atoms with E-state index < -0.39 is 22.9 Å². The molecule has 0 radical (unpaired) electrons. The van der Waals surface area contributed by atoms with Gasteiger partial charge in [-0.2, -0.15) is 0 Å². The van der Waals surface area contributed by atoms with Gasteiger partial charge in [-0.15, -0.1) is 11.8 Å². The molecule has 2 aliphatic rings. The molecule has 2 N–H and O–H groups in total. The standard InChI is InChI=1S/C20H23N3O7S/c1-11(24)17-15-9-16(31-8-7-21-12(2)25)18(22(15)19(17)26)20(27)30-10-13-3-5-14(6-4-13)23(28)29/h3-6,11,15,17,24H,7-10H2,1-2H3,(H,21,25)/t11-,15+,17-/m0/s1. The van der Waals surface area contributed by atoms with Crippen molar-refractivity contribution in [1.29, 1.82) is 0 Å². The highest BCUT2D eigenvalue weighted by atomic mass is 32.2. The zero-order chi connectivity index (χ0) is 22.7. The lowest BCUT2D eigenvalue weighted by Gasteiger charge is -2.44. The molecule has 11 heteroatoms. The van der Waals surface area contributed by atoms with E-state index in [0.717, 1.165) is 0 Å². The van der Waals surface area contributed by atoms with Gasteiger partial charge in [-0.25, -0.2) is 4.79 Å². The first-order valence-electron chi connectivity index (χ1n) is 9.72. The van der Waals surface area contributed by atoms with Gasteiger partial charge in [-0.1, -0.05) is 0 Å². The molecule has 1 aromatic carbocycles. The van der Waals surface area contributed by atoms with Gasteiger partial charge in [0.05, 0.1) is 23.0 Å². The van der Waals surface area contributed by atoms with Crippen LogP contribution >= 0.6 is 11.8 Å². The monoisotopic (exact) mass is 449 g/mol. The van der Waals surface area contributed by atoms with Gasteiger partial charge in [0.25, 0.3) is 5.69 Å². The lowest BCUT2D eigenvalue weighted by molar-refractivity contribution is -0.384. The Morgan fingerprint density at radius 2 is 2.06 bits per heavy atom. The highest BCUT2D eigenvalue weighted by Gasteiger charge is 2.56. The molecule has 1 saturated heterocycles. The molecule has 0 saturated carbocycles. The van der Waals surface area contributed by atoms with Crippen molar-refractivity contribution >= 4 is 35.2 Å². The number of β-lactam (4-membered cyclic amide) rings is 1. The van der Waals surface area contributed by atoms with E-state index in [4.69, 9.17) is 4.74 Å². The summed E-state index contributed by atoms with van der Waals surface area (Å²) in [5.74, 6) is -1.19. The topological polar surface area (TPSA) is 139 Å². The molecule has 3 atom stereocenters. The number of esters is 1. The number of aliphatic hydroxyl groups is 1. The number of fused-ring (bicyclic) bond motifs is 1. The Bertz CT molecular complexity index is 929. The van der Waals surface area contributed by atoms with Gasteiger partial charge in [-0.3, -0.25) is 19.7 Å². The first-order chi connectivity index (χ1) is 14.7. The molecule has 0 bridgehead atoms. The number of nitrogens with zero attached hydrogens (tertiary/aromatic N) is 2. The quantitative estimate of drug-likeness (QED) is 0.189. The van der Waals surface area contributed by atoms with Gasteiger partial charge in [0.2, 0.25) is 11.8 Å². The van der Waals surface area contributed by atoms with Crippen LogP contribution in [-0.4, -0.2) is 57.2 Å². The Balaban J connectivity index is 1.70. The summed E-state index contributed by atoms with van der Waals surface area (Å²) < 4.78 is 5.38. The number of nitro groups is 1. The van der Waals surface area contributed by atoms with Gasteiger partial charge in [0, 0.05) is 42.7 Å². The average molecular weight is 449 g/mol. The van der Waals surface area contributed by atoms with E-state index in [1.54, 1.807) is 6.92 Å². The fourth-order valence-corrected chi connectivity index (χ4v) is 4.74. The van der Waals surface area contributed by atoms with Crippen molar-refractivity contribution in [3.63, 3.8) is 0 Å². The third kappa shape index (κ3) is 4.88. The van der Waals surface area contributed by atoms with Crippen molar-refractivity contribution in [2.24, 2.45) is 5.92 Å². The molecule has 166 valence electrons. The van der Waals surface area contributed by atoms with Crippen LogP contribution in [0.1, 0.15) is 25.8 Å². The van der Waals surface area contributed by atoms with Crippen LogP contribution < -0.4 is 5.32 Å². The highest BCUT2D eigenvalue weighted by Crippen LogP contribution is 2.47. The smallest absolute Gasteiger partial charge is 0.356 e. The maximum atomic E-state index is 12.8. The molecule has 31 heavy (non-hydrogen) atoms. The number of hydrogen-bond acceptors (Lipinski definition) is 8. The minimum absolute atomic E-state index is 0.0652. The average Bonchev–Trinajstić information content (AvgIpc) is 3.03. The number of carbonyl (C=O) groups excluding carboxylic acids is 3. The Labute approximate surface area is 182 Å². The summed E-state index contributed by atoms with van der Waals surface area (Å²) in [6, 6.07) is 5.35. The van der Waals surface area contributed by atoms with Crippen molar-refractivity contribution in [3.05, 3.63) is 50.5 Å². The van der Waals surface area contributed by atoms with E-state index in [2.05, 4.69) is 5.32 Å². The minimum Gasteiger partial charge on any atom is -0.456 e. The molecule has 0 aromatic heterocycles. The molecule has 10 nitrogen and oxygen atoms in total. The van der Waals surface area contributed by atoms with E-state index in [-0.39, 0.29) is 35.8 Å². The third-order valence-electron chi connectivity index (χ3n) is 5.15. The molecule has 0 unspecified atom stereocenters. The maximum Gasteiger partial charge on any atom is 0.356 e. The van der Waals surface area contributed by atoms with Crippen molar-refractivity contribution in [2.45, 2.75) is 39.0 Å². The summed E-state index contributed by atoms with van der Waals surface area (Å²) in [5.41, 5.74) is 0.678. The van der Waals surface area contributed by atoms with Gasteiger partial charge in [-0.05, 0) is 24.6 Å². The number of rotatable bonds is 9. The summed E-state index contributed by atoms with van der Waals surface area (Å²) in [6.45, 7) is 3.27. The Hall–Kier alpha value is -2.92. The van der Waals surface area contributed by atoms with E-state index in [1.165, 1.54) is 47.9 Å². The van der Waals surface area contributed by atoms with Crippen LogP contribution in [0.15, 0.2) is 34.9 Å². The number of amides is 2. The highest BCUT2D eigenvalue weighted by molar-refractivity contribution is 8.03. The van der Waals surface area contributed by atoms with Crippen molar-refractivity contribution in [1.82, 2.24) is 10.2 Å². The van der Waals surface area contributed by atoms with E-state index in [1.807, 2.05) is 0 Å². The fraction of sp³-hybridized carbons (Fsp3) is 0.450. The van der Waals surface area contributed by atoms with Crippen LogP contribution in [0.25, 0.3) is 0 Å². The SMILES string of the molecule is CC(=O)NCCSC1=C(C(=O)OCc2ccc([N+](=O)[O-])cc2)N2C(=O)[C@@H]([C@H](C)O)[C@H]2C1.